The van der Waals surface area contributed by atoms with E-state index in [0.29, 0.717) is 6.42 Å². The van der Waals surface area contributed by atoms with Crippen molar-refractivity contribution in [3.05, 3.63) is 35.4 Å². The van der Waals surface area contributed by atoms with Crippen molar-refractivity contribution in [1.82, 2.24) is 5.32 Å². The first-order valence-corrected chi connectivity index (χ1v) is 6.58. The highest BCUT2D eigenvalue weighted by Crippen LogP contribution is 2.24. The SMILES string of the molecule is Cc1ccccc1CC(=O)NC1CCCC1Cl. The Balaban J connectivity index is 1.91. The van der Waals surface area contributed by atoms with Crippen molar-refractivity contribution in [2.24, 2.45) is 0 Å². The second-order valence-electron chi connectivity index (χ2n) is 4.72. The molecule has 0 saturated heterocycles. The van der Waals surface area contributed by atoms with Crippen LogP contribution in [0.4, 0.5) is 0 Å². The van der Waals surface area contributed by atoms with Gasteiger partial charge in [0.05, 0.1) is 11.8 Å². The van der Waals surface area contributed by atoms with Crippen molar-refractivity contribution in [3.63, 3.8) is 0 Å². The van der Waals surface area contributed by atoms with E-state index in [9.17, 15) is 4.79 Å². The van der Waals surface area contributed by atoms with Crippen LogP contribution in [0.3, 0.4) is 0 Å². The standard InChI is InChI=1S/C14H18ClNO/c1-10-5-2-3-6-11(10)9-14(17)16-13-8-4-7-12(13)15/h2-3,5-6,12-13H,4,7-9H2,1H3,(H,16,17). The van der Waals surface area contributed by atoms with Gasteiger partial charge in [-0.25, -0.2) is 0 Å². The van der Waals surface area contributed by atoms with Crippen LogP contribution in [0.5, 0.6) is 0 Å². The van der Waals surface area contributed by atoms with E-state index in [1.807, 2.05) is 31.2 Å². The number of nitrogens with one attached hydrogen (secondary N) is 1. The molecule has 2 rings (SSSR count). The number of hydrogen-bond acceptors (Lipinski definition) is 1. The van der Waals surface area contributed by atoms with Crippen LogP contribution >= 0.6 is 11.6 Å². The van der Waals surface area contributed by atoms with Crippen molar-refractivity contribution >= 4 is 17.5 Å². The van der Waals surface area contributed by atoms with Gasteiger partial charge >= 0.3 is 0 Å². The van der Waals surface area contributed by atoms with E-state index in [4.69, 9.17) is 11.6 Å². The Bertz CT molecular complexity index is 405. The molecule has 1 N–H and O–H groups in total. The summed E-state index contributed by atoms with van der Waals surface area (Å²) in [5.74, 6) is 0.0804. The summed E-state index contributed by atoms with van der Waals surface area (Å²) in [6.45, 7) is 2.03. The summed E-state index contributed by atoms with van der Waals surface area (Å²) in [5.41, 5.74) is 2.26. The molecular formula is C14H18ClNO. The molecule has 3 heteroatoms. The van der Waals surface area contributed by atoms with Crippen LogP contribution < -0.4 is 5.32 Å². The minimum absolute atomic E-state index is 0.0804. The zero-order chi connectivity index (χ0) is 12.3. The van der Waals surface area contributed by atoms with Crippen molar-refractivity contribution in [1.29, 1.82) is 0 Å². The molecule has 1 aliphatic carbocycles. The van der Waals surface area contributed by atoms with Gasteiger partial charge in [0.2, 0.25) is 5.91 Å². The first-order chi connectivity index (χ1) is 8.16. The van der Waals surface area contributed by atoms with Gasteiger partial charge in [0.25, 0.3) is 0 Å². The quantitative estimate of drug-likeness (QED) is 0.823. The van der Waals surface area contributed by atoms with E-state index >= 15 is 0 Å². The molecule has 1 aromatic rings. The highest BCUT2D eigenvalue weighted by Gasteiger charge is 2.26. The fraction of sp³-hybridized carbons (Fsp3) is 0.500. The Morgan fingerprint density at radius 2 is 2.18 bits per heavy atom. The maximum atomic E-state index is 11.9. The molecule has 2 nitrogen and oxygen atoms in total. The number of halogens is 1. The Morgan fingerprint density at radius 1 is 1.41 bits per heavy atom. The van der Waals surface area contributed by atoms with Gasteiger partial charge in [-0.2, -0.15) is 0 Å². The maximum Gasteiger partial charge on any atom is 0.224 e. The predicted molar refractivity (Wildman–Crippen MR) is 70.3 cm³/mol. The summed E-state index contributed by atoms with van der Waals surface area (Å²) in [7, 11) is 0. The van der Waals surface area contributed by atoms with Crippen LogP contribution in [0.2, 0.25) is 0 Å². The maximum absolute atomic E-state index is 11.9. The van der Waals surface area contributed by atoms with Gasteiger partial charge < -0.3 is 5.32 Å². The van der Waals surface area contributed by atoms with Crippen molar-refractivity contribution < 1.29 is 4.79 Å². The summed E-state index contributed by atoms with van der Waals surface area (Å²) in [6, 6.07) is 8.15. The number of aryl methyl sites for hydroxylation is 1. The lowest BCUT2D eigenvalue weighted by Gasteiger charge is -2.16. The number of alkyl halides is 1. The lowest BCUT2D eigenvalue weighted by Crippen LogP contribution is -2.38. The van der Waals surface area contributed by atoms with E-state index in [2.05, 4.69) is 5.32 Å². The molecule has 1 aliphatic rings. The van der Waals surface area contributed by atoms with Gasteiger partial charge in [0.15, 0.2) is 0 Å². The summed E-state index contributed by atoms with van der Waals surface area (Å²) < 4.78 is 0. The predicted octanol–water partition coefficient (Wildman–Crippen LogP) is 2.81. The fourth-order valence-corrected chi connectivity index (χ4v) is 2.66. The molecule has 2 atom stereocenters. The minimum atomic E-state index is 0.0804. The van der Waals surface area contributed by atoms with Crippen LogP contribution in [-0.2, 0) is 11.2 Å². The Morgan fingerprint density at radius 3 is 2.82 bits per heavy atom. The molecule has 0 spiro atoms. The molecular weight excluding hydrogens is 234 g/mol. The lowest BCUT2D eigenvalue weighted by atomic mass is 10.1. The summed E-state index contributed by atoms with van der Waals surface area (Å²) in [4.78, 5) is 11.9. The Kier molecular flexibility index (Phi) is 4.06. The van der Waals surface area contributed by atoms with E-state index < -0.39 is 0 Å². The highest BCUT2D eigenvalue weighted by molar-refractivity contribution is 6.21. The molecule has 2 unspecified atom stereocenters. The number of carbonyl (C=O) groups excluding carboxylic acids is 1. The zero-order valence-corrected chi connectivity index (χ0v) is 10.8. The van der Waals surface area contributed by atoms with Crippen LogP contribution in [0.1, 0.15) is 30.4 Å². The molecule has 0 radical (unpaired) electrons. The largest absolute Gasteiger partial charge is 0.352 e. The Hall–Kier alpha value is -1.02. The van der Waals surface area contributed by atoms with Gasteiger partial charge in [-0.3, -0.25) is 4.79 Å². The van der Waals surface area contributed by atoms with Gasteiger partial charge in [0, 0.05) is 6.04 Å². The van der Waals surface area contributed by atoms with E-state index in [1.54, 1.807) is 0 Å². The number of amides is 1. The lowest BCUT2D eigenvalue weighted by molar-refractivity contribution is -0.121. The molecule has 0 bridgehead atoms. The molecule has 1 fully saturated rings. The summed E-state index contributed by atoms with van der Waals surface area (Å²) in [5, 5.41) is 3.14. The van der Waals surface area contributed by atoms with Crippen molar-refractivity contribution in [3.8, 4) is 0 Å². The smallest absolute Gasteiger partial charge is 0.224 e. The van der Waals surface area contributed by atoms with Crippen molar-refractivity contribution in [2.75, 3.05) is 0 Å². The number of hydrogen-bond donors (Lipinski definition) is 1. The molecule has 17 heavy (non-hydrogen) atoms. The number of carbonyl (C=O) groups is 1. The second-order valence-corrected chi connectivity index (χ2v) is 5.28. The highest BCUT2D eigenvalue weighted by atomic mass is 35.5. The number of benzene rings is 1. The third kappa shape index (κ3) is 3.22. The third-order valence-electron chi connectivity index (χ3n) is 3.39. The molecule has 1 amide bonds. The van der Waals surface area contributed by atoms with Gasteiger partial charge in [0.1, 0.15) is 0 Å². The molecule has 0 aliphatic heterocycles. The first kappa shape index (κ1) is 12.4. The van der Waals surface area contributed by atoms with E-state index in [1.165, 1.54) is 0 Å². The third-order valence-corrected chi connectivity index (χ3v) is 3.91. The summed E-state index contributed by atoms with van der Waals surface area (Å²) >= 11 is 6.14. The first-order valence-electron chi connectivity index (χ1n) is 6.15. The van der Waals surface area contributed by atoms with E-state index in [-0.39, 0.29) is 17.3 Å². The average Bonchev–Trinajstić information content (AvgIpc) is 2.68. The monoisotopic (exact) mass is 251 g/mol. The summed E-state index contributed by atoms with van der Waals surface area (Å²) in [6.07, 6.45) is 3.58. The number of rotatable bonds is 3. The molecule has 1 aromatic carbocycles. The second kappa shape index (κ2) is 5.54. The zero-order valence-electron chi connectivity index (χ0n) is 10.1. The molecule has 0 aromatic heterocycles. The van der Waals surface area contributed by atoms with Gasteiger partial charge in [-0.05, 0) is 37.3 Å². The molecule has 92 valence electrons. The van der Waals surface area contributed by atoms with Gasteiger partial charge in [-0.1, -0.05) is 24.3 Å². The average molecular weight is 252 g/mol. The van der Waals surface area contributed by atoms with E-state index in [0.717, 1.165) is 30.4 Å². The van der Waals surface area contributed by atoms with Crippen LogP contribution in [0, 0.1) is 6.92 Å². The normalized spacial score (nSPS) is 23.6. The van der Waals surface area contributed by atoms with Crippen LogP contribution in [-0.4, -0.2) is 17.3 Å². The Labute approximate surface area is 107 Å². The van der Waals surface area contributed by atoms with Crippen molar-refractivity contribution in [2.45, 2.75) is 44.0 Å². The minimum Gasteiger partial charge on any atom is -0.352 e. The molecule has 0 heterocycles. The van der Waals surface area contributed by atoms with Gasteiger partial charge in [-0.15, -0.1) is 11.6 Å². The van der Waals surface area contributed by atoms with Crippen LogP contribution in [0.15, 0.2) is 24.3 Å². The van der Waals surface area contributed by atoms with Crippen LogP contribution in [0.25, 0.3) is 0 Å². The topological polar surface area (TPSA) is 29.1 Å². The molecule has 1 saturated carbocycles. The fourth-order valence-electron chi connectivity index (χ4n) is 2.32.